The van der Waals surface area contributed by atoms with Crippen LogP contribution < -0.4 is 0 Å². The summed E-state index contributed by atoms with van der Waals surface area (Å²) < 4.78 is 5.46. The lowest BCUT2D eigenvalue weighted by Crippen LogP contribution is -2.42. The van der Waals surface area contributed by atoms with Crippen molar-refractivity contribution >= 4 is 11.8 Å². The molecule has 0 aliphatic carbocycles. The van der Waals surface area contributed by atoms with E-state index in [9.17, 15) is 0 Å². The summed E-state index contributed by atoms with van der Waals surface area (Å²) in [4.78, 5) is 7.26. The minimum absolute atomic E-state index is 0.354. The van der Waals surface area contributed by atoms with Crippen LogP contribution in [0.25, 0.3) is 0 Å². The Morgan fingerprint density at radius 1 is 1.15 bits per heavy atom. The molecule has 0 aromatic carbocycles. The zero-order valence-electron chi connectivity index (χ0n) is 12.5. The van der Waals surface area contributed by atoms with Crippen molar-refractivity contribution in [1.29, 1.82) is 0 Å². The summed E-state index contributed by atoms with van der Waals surface area (Å²) >= 11 is 2.11. The van der Waals surface area contributed by atoms with Crippen LogP contribution in [0.5, 0.6) is 0 Å². The predicted molar refractivity (Wildman–Crippen MR) is 82.3 cm³/mol. The van der Waals surface area contributed by atoms with Gasteiger partial charge in [0.05, 0.1) is 0 Å². The molecule has 0 N–H and O–H groups in total. The van der Waals surface area contributed by atoms with Crippen molar-refractivity contribution in [3.8, 4) is 0 Å². The van der Waals surface area contributed by atoms with Crippen molar-refractivity contribution in [2.45, 2.75) is 57.4 Å². The second-order valence-corrected chi connectivity index (χ2v) is 7.52. The highest BCUT2D eigenvalue weighted by molar-refractivity contribution is 7.99. The summed E-state index contributed by atoms with van der Waals surface area (Å²) in [6.07, 6.45) is 5.08. The number of piperidine rings is 1. The van der Waals surface area contributed by atoms with Gasteiger partial charge in [0, 0.05) is 17.9 Å². The maximum absolute atomic E-state index is 5.46. The molecule has 2 saturated heterocycles. The summed E-state index contributed by atoms with van der Waals surface area (Å²) in [5.41, 5.74) is 0. The van der Waals surface area contributed by atoms with E-state index in [-0.39, 0.29) is 0 Å². The molecule has 0 amide bonds. The van der Waals surface area contributed by atoms with Crippen molar-refractivity contribution in [3.05, 3.63) is 11.7 Å². The summed E-state index contributed by atoms with van der Waals surface area (Å²) in [5.74, 6) is 5.23. The van der Waals surface area contributed by atoms with E-state index in [2.05, 4.69) is 40.6 Å². The van der Waals surface area contributed by atoms with E-state index in [0.29, 0.717) is 11.8 Å². The van der Waals surface area contributed by atoms with Gasteiger partial charge < -0.3 is 9.42 Å². The summed E-state index contributed by atoms with van der Waals surface area (Å²) in [7, 11) is 0. The molecule has 0 atom stereocenters. The third-order valence-electron chi connectivity index (χ3n) is 4.56. The topological polar surface area (TPSA) is 42.2 Å². The van der Waals surface area contributed by atoms with E-state index in [1.807, 2.05) is 0 Å². The lowest BCUT2D eigenvalue weighted by Gasteiger charge is -2.38. The molecule has 3 rings (SSSR count). The molecule has 0 spiro atoms. The van der Waals surface area contributed by atoms with Gasteiger partial charge in [-0.2, -0.15) is 16.7 Å². The maximum Gasteiger partial charge on any atom is 0.229 e. The first-order valence-corrected chi connectivity index (χ1v) is 9.05. The Morgan fingerprint density at radius 3 is 2.45 bits per heavy atom. The first-order valence-electron chi connectivity index (χ1n) is 7.89. The number of hydrogen-bond acceptors (Lipinski definition) is 5. The Hall–Kier alpha value is -0.550. The minimum Gasteiger partial charge on any atom is -0.339 e. The molecule has 0 unspecified atom stereocenters. The average molecular weight is 295 g/mol. The molecule has 2 aliphatic rings. The van der Waals surface area contributed by atoms with Crippen LogP contribution in [0.15, 0.2) is 4.52 Å². The Morgan fingerprint density at radius 2 is 1.85 bits per heavy atom. The smallest absolute Gasteiger partial charge is 0.229 e. The van der Waals surface area contributed by atoms with Crippen molar-refractivity contribution in [1.82, 2.24) is 15.0 Å². The van der Waals surface area contributed by atoms with E-state index in [0.717, 1.165) is 17.8 Å². The van der Waals surface area contributed by atoms with Gasteiger partial charge in [0.1, 0.15) is 0 Å². The fourth-order valence-electron chi connectivity index (χ4n) is 3.21. The minimum atomic E-state index is 0.354. The number of nitrogens with zero attached hydrogens (tertiary/aromatic N) is 3. The van der Waals surface area contributed by atoms with Crippen LogP contribution in [0.4, 0.5) is 0 Å². The lowest BCUT2D eigenvalue weighted by atomic mass is 9.94. The van der Waals surface area contributed by atoms with Crippen LogP contribution in [0.2, 0.25) is 0 Å². The molecule has 5 heteroatoms. The van der Waals surface area contributed by atoms with Crippen LogP contribution in [0.1, 0.15) is 63.1 Å². The fourth-order valence-corrected chi connectivity index (χ4v) is 4.29. The normalized spacial score (nSPS) is 23.6. The van der Waals surface area contributed by atoms with Gasteiger partial charge in [-0.05, 0) is 50.3 Å². The second kappa shape index (κ2) is 6.48. The van der Waals surface area contributed by atoms with Crippen molar-refractivity contribution < 1.29 is 4.52 Å². The van der Waals surface area contributed by atoms with Crippen LogP contribution in [0, 0.1) is 0 Å². The number of hydrogen-bond donors (Lipinski definition) is 0. The molecule has 0 bridgehead atoms. The van der Waals surface area contributed by atoms with E-state index >= 15 is 0 Å². The van der Waals surface area contributed by atoms with Crippen LogP contribution in [-0.4, -0.2) is 45.7 Å². The first kappa shape index (κ1) is 14.4. The Labute approximate surface area is 125 Å². The van der Waals surface area contributed by atoms with Crippen LogP contribution in [0.3, 0.4) is 0 Å². The zero-order valence-corrected chi connectivity index (χ0v) is 13.4. The molecule has 20 heavy (non-hydrogen) atoms. The lowest BCUT2D eigenvalue weighted by molar-refractivity contribution is 0.135. The summed E-state index contributed by atoms with van der Waals surface area (Å²) in [6, 6.07) is 0.825. The Kier molecular flexibility index (Phi) is 4.66. The quantitative estimate of drug-likeness (QED) is 0.856. The first-order chi connectivity index (χ1) is 9.74. The molecule has 2 aliphatic heterocycles. The van der Waals surface area contributed by atoms with Crippen molar-refractivity contribution in [2.24, 2.45) is 0 Å². The molecule has 0 saturated carbocycles. The molecule has 1 aromatic rings. The standard InChI is InChI=1S/C15H25N3OS/c1-11(2)14-16-15(19-17-14)12-3-7-18(8-4-12)13-5-9-20-10-6-13/h11-13H,3-10H2,1-2H3. The molecule has 2 fully saturated rings. The molecule has 112 valence electrons. The summed E-state index contributed by atoms with van der Waals surface area (Å²) in [6.45, 7) is 6.61. The number of rotatable bonds is 3. The monoisotopic (exact) mass is 295 g/mol. The molecule has 0 radical (unpaired) electrons. The third kappa shape index (κ3) is 3.19. The van der Waals surface area contributed by atoms with E-state index < -0.39 is 0 Å². The fraction of sp³-hybridized carbons (Fsp3) is 0.867. The Bertz CT molecular complexity index is 421. The largest absolute Gasteiger partial charge is 0.339 e. The zero-order chi connectivity index (χ0) is 13.9. The molecule has 4 nitrogen and oxygen atoms in total. The van der Waals surface area contributed by atoms with Gasteiger partial charge >= 0.3 is 0 Å². The second-order valence-electron chi connectivity index (χ2n) is 6.30. The highest BCUT2D eigenvalue weighted by atomic mass is 32.2. The SMILES string of the molecule is CC(C)c1noc(C2CCN(C3CCSCC3)CC2)n1. The van der Waals surface area contributed by atoms with E-state index in [1.165, 1.54) is 50.3 Å². The van der Waals surface area contributed by atoms with Gasteiger partial charge in [0.2, 0.25) is 5.89 Å². The molecular weight excluding hydrogens is 270 g/mol. The van der Waals surface area contributed by atoms with Gasteiger partial charge in [-0.25, -0.2) is 0 Å². The third-order valence-corrected chi connectivity index (χ3v) is 5.61. The number of likely N-dealkylation sites (tertiary alicyclic amines) is 1. The summed E-state index contributed by atoms with van der Waals surface area (Å²) in [5, 5.41) is 4.10. The predicted octanol–water partition coefficient (Wildman–Crippen LogP) is 3.27. The van der Waals surface area contributed by atoms with Crippen LogP contribution in [-0.2, 0) is 0 Å². The number of thioether (sulfide) groups is 1. The van der Waals surface area contributed by atoms with E-state index in [4.69, 9.17) is 4.52 Å². The van der Waals surface area contributed by atoms with Crippen LogP contribution >= 0.6 is 11.8 Å². The number of aromatic nitrogens is 2. The maximum atomic E-state index is 5.46. The average Bonchev–Trinajstić information content (AvgIpc) is 2.98. The van der Waals surface area contributed by atoms with Gasteiger partial charge in [-0.3, -0.25) is 0 Å². The van der Waals surface area contributed by atoms with Gasteiger partial charge in [-0.15, -0.1) is 0 Å². The van der Waals surface area contributed by atoms with Gasteiger partial charge in [0.15, 0.2) is 5.82 Å². The molecule has 3 heterocycles. The molecular formula is C15H25N3OS. The van der Waals surface area contributed by atoms with Crippen molar-refractivity contribution in [3.63, 3.8) is 0 Å². The van der Waals surface area contributed by atoms with Gasteiger partial charge in [0.25, 0.3) is 0 Å². The van der Waals surface area contributed by atoms with E-state index in [1.54, 1.807) is 0 Å². The van der Waals surface area contributed by atoms with Gasteiger partial charge in [-0.1, -0.05) is 19.0 Å². The molecule has 1 aromatic heterocycles. The Balaban J connectivity index is 1.54. The van der Waals surface area contributed by atoms with Crippen molar-refractivity contribution in [2.75, 3.05) is 24.6 Å². The highest BCUT2D eigenvalue weighted by Gasteiger charge is 2.29. The highest BCUT2D eigenvalue weighted by Crippen LogP contribution is 2.31.